The molecule has 2 aromatic carbocycles. The number of fused-ring (bicyclic) bond motifs is 1. The van der Waals surface area contributed by atoms with Crippen molar-refractivity contribution in [1.82, 2.24) is 0 Å². The van der Waals surface area contributed by atoms with Crippen molar-refractivity contribution in [2.24, 2.45) is 0 Å². The Balaban J connectivity index is 2.67. The van der Waals surface area contributed by atoms with Gasteiger partial charge in [-0.05, 0) is 12.1 Å². The normalized spacial score (nSPS) is 12.0. The number of hydrogen-bond acceptors (Lipinski definition) is 5. The molecule has 2 rings (SSSR count). The van der Waals surface area contributed by atoms with Crippen LogP contribution in [0.5, 0.6) is 11.5 Å². The monoisotopic (exact) mass is 276 g/mol. The van der Waals surface area contributed by atoms with Crippen molar-refractivity contribution in [3.63, 3.8) is 0 Å². The minimum absolute atomic E-state index is 0.361. The third kappa shape index (κ3) is 2.28. The maximum Gasteiger partial charge on any atom is 0.339 e. The molecule has 20 heavy (non-hydrogen) atoms. The van der Waals surface area contributed by atoms with Crippen molar-refractivity contribution in [2.75, 3.05) is 21.3 Å². The molecule has 1 unspecified atom stereocenters. The Kier molecular flexibility index (Phi) is 4.10. The molecule has 106 valence electrons. The van der Waals surface area contributed by atoms with Gasteiger partial charge >= 0.3 is 5.97 Å². The van der Waals surface area contributed by atoms with Crippen LogP contribution in [-0.4, -0.2) is 32.4 Å². The second-order valence-electron chi connectivity index (χ2n) is 4.17. The van der Waals surface area contributed by atoms with E-state index in [-0.39, 0.29) is 0 Å². The standard InChI is InChI=1S/C15H16O5/c1-18-12-6-4-5-10-9(12)7-8-11(14(10)19-2)13(16)15(17)20-3/h4-8,13,16H,1-3H3. The van der Waals surface area contributed by atoms with Gasteiger partial charge in [0.25, 0.3) is 0 Å². The van der Waals surface area contributed by atoms with Gasteiger partial charge in [0.15, 0.2) is 6.10 Å². The molecule has 5 heteroatoms. The smallest absolute Gasteiger partial charge is 0.339 e. The van der Waals surface area contributed by atoms with Crippen molar-refractivity contribution in [1.29, 1.82) is 0 Å². The van der Waals surface area contributed by atoms with Crippen LogP contribution in [0.4, 0.5) is 0 Å². The Morgan fingerprint density at radius 2 is 1.80 bits per heavy atom. The quantitative estimate of drug-likeness (QED) is 0.866. The zero-order valence-corrected chi connectivity index (χ0v) is 11.5. The van der Waals surface area contributed by atoms with Crippen molar-refractivity contribution in [3.05, 3.63) is 35.9 Å². The fraction of sp³-hybridized carbons (Fsp3) is 0.267. The van der Waals surface area contributed by atoms with Gasteiger partial charge in [0.05, 0.1) is 21.3 Å². The van der Waals surface area contributed by atoms with Gasteiger partial charge in [-0.15, -0.1) is 0 Å². The molecule has 1 atom stereocenters. The Morgan fingerprint density at radius 3 is 2.40 bits per heavy atom. The fourth-order valence-corrected chi connectivity index (χ4v) is 2.18. The summed E-state index contributed by atoms with van der Waals surface area (Å²) in [6.45, 7) is 0. The third-order valence-electron chi connectivity index (χ3n) is 3.15. The molecule has 0 aliphatic heterocycles. The lowest BCUT2D eigenvalue weighted by Gasteiger charge is -2.16. The van der Waals surface area contributed by atoms with Gasteiger partial charge in [0.2, 0.25) is 0 Å². The molecule has 0 heterocycles. The van der Waals surface area contributed by atoms with Gasteiger partial charge in [-0.3, -0.25) is 0 Å². The van der Waals surface area contributed by atoms with Crippen LogP contribution >= 0.6 is 0 Å². The summed E-state index contributed by atoms with van der Waals surface area (Å²) < 4.78 is 15.2. The molecule has 0 amide bonds. The van der Waals surface area contributed by atoms with Gasteiger partial charge in [-0.2, -0.15) is 0 Å². The summed E-state index contributed by atoms with van der Waals surface area (Å²) in [4.78, 5) is 11.5. The highest BCUT2D eigenvalue weighted by molar-refractivity contribution is 5.95. The molecule has 0 aliphatic rings. The number of hydrogen-bond donors (Lipinski definition) is 1. The highest BCUT2D eigenvalue weighted by Gasteiger charge is 2.23. The number of aliphatic hydroxyl groups is 1. The SMILES string of the molecule is COC(=O)C(O)c1ccc2c(OC)cccc2c1OC. The molecule has 1 N–H and O–H groups in total. The number of methoxy groups -OCH3 is 3. The zero-order valence-electron chi connectivity index (χ0n) is 11.5. The third-order valence-corrected chi connectivity index (χ3v) is 3.15. The molecule has 0 fully saturated rings. The number of esters is 1. The molecule has 0 saturated carbocycles. The van der Waals surface area contributed by atoms with Gasteiger partial charge in [0, 0.05) is 16.3 Å². The van der Waals surface area contributed by atoms with Crippen LogP contribution in [0.15, 0.2) is 30.3 Å². The summed E-state index contributed by atoms with van der Waals surface area (Å²) >= 11 is 0. The van der Waals surface area contributed by atoms with Crippen LogP contribution in [0.1, 0.15) is 11.7 Å². The summed E-state index contributed by atoms with van der Waals surface area (Å²) in [5, 5.41) is 11.6. The maximum absolute atomic E-state index is 11.5. The number of aliphatic hydroxyl groups excluding tert-OH is 1. The van der Waals surface area contributed by atoms with Crippen LogP contribution in [0.25, 0.3) is 10.8 Å². The molecule has 0 spiro atoms. The molecule has 0 saturated heterocycles. The first-order valence-electron chi connectivity index (χ1n) is 6.03. The Labute approximate surface area is 116 Å². The Hall–Kier alpha value is -2.27. The van der Waals surface area contributed by atoms with Crippen LogP contribution in [-0.2, 0) is 9.53 Å². The second kappa shape index (κ2) is 5.79. The van der Waals surface area contributed by atoms with Crippen LogP contribution in [0, 0.1) is 0 Å². The van der Waals surface area contributed by atoms with Crippen LogP contribution < -0.4 is 9.47 Å². The summed E-state index contributed by atoms with van der Waals surface area (Å²) in [5.41, 5.74) is 0.361. The molecule has 0 bridgehead atoms. The van der Waals surface area contributed by atoms with Crippen molar-refractivity contribution in [2.45, 2.75) is 6.10 Å². The van der Waals surface area contributed by atoms with E-state index in [1.165, 1.54) is 14.2 Å². The van der Waals surface area contributed by atoms with Gasteiger partial charge < -0.3 is 19.3 Å². The van der Waals surface area contributed by atoms with Crippen LogP contribution in [0.2, 0.25) is 0 Å². The molecular formula is C15H16O5. The number of carbonyl (C=O) groups excluding carboxylic acids is 1. The first kappa shape index (κ1) is 14.1. The Morgan fingerprint density at radius 1 is 1.05 bits per heavy atom. The largest absolute Gasteiger partial charge is 0.496 e. The van der Waals surface area contributed by atoms with Gasteiger partial charge in [0.1, 0.15) is 11.5 Å². The summed E-state index contributed by atoms with van der Waals surface area (Å²) in [7, 11) is 4.29. The van der Waals surface area contributed by atoms with E-state index in [0.29, 0.717) is 17.1 Å². The lowest BCUT2D eigenvalue weighted by Crippen LogP contribution is -2.14. The molecular weight excluding hydrogens is 260 g/mol. The number of benzene rings is 2. The molecule has 0 aliphatic carbocycles. The average Bonchev–Trinajstić information content (AvgIpc) is 2.51. The average molecular weight is 276 g/mol. The highest BCUT2D eigenvalue weighted by atomic mass is 16.5. The first-order chi connectivity index (χ1) is 9.63. The van der Waals surface area contributed by atoms with E-state index in [9.17, 15) is 9.90 Å². The second-order valence-corrected chi connectivity index (χ2v) is 4.17. The van der Waals surface area contributed by atoms with E-state index in [1.807, 2.05) is 18.2 Å². The van der Waals surface area contributed by atoms with Gasteiger partial charge in [-0.25, -0.2) is 4.79 Å². The van der Waals surface area contributed by atoms with E-state index in [0.717, 1.165) is 10.8 Å². The minimum Gasteiger partial charge on any atom is -0.496 e. The van der Waals surface area contributed by atoms with Crippen LogP contribution in [0.3, 0.4) is 0 Å². The predicted molar refractivity (Wildman–Crippen MR) is 74.0 cm³/mol. The lowest BCUT2D eigenvalue weighted by atomic mass is 10.0. The highest BCUT2D eigenvalue weighted by Crippen LogP contribution is 2.37. The molecule has 5 nitrogen and oxygen atoms in total. The molecule has 2 aromatic rings. The zero-order chi connectivity index (χ0) is 14.7. The predicted octanol–water partition coefficient (Wildman–Crippen LogP) is 2.06. The Bertz CT molecular complexity index is 635. The maximum atomic E-state index is 11.5. The number of ether oxygens (including phenoxy) is 3. The van der Waals surface area contributed by atoms with Crippen molar-refractivity contribution >= 4 is 16.7 Å². The van der Waals surface area contributed by atoms with E-state index >= 15 is 0 Å². The fourth-order valence-electron chi connectivity index (χ4n) is 2.18. The van der Waals surface area contributed by atoms with Gasteiger partial charge in [-0.1, -0.05) is 18.2 Å². The van der Waals surface area contributed by atoms with E-state index < -0.39 is 12.1 Å². The summed E-state index contributed by atoms with van der Waals surface area (Å²) in [6, 6.07) is 8.89. The lowest BCUT2D eigenvalue weighted by molar-refractivity contribution is -0.150. The molecule has 0 aromatic heterocycles. The topological polar surface area (TPSA) is 65.0 Å². The van der Waals surface area contributed by atoms with E-state index in [4.69, 9.17) is 9.47 Å². The molecule has 0 radical (unpaired) electrons. The van der Waals surface area contributed by atoms with Crippen molar-refractivity contribution in [3.8, 4) is 11.5 Å². The summed E-state index contributed by atoms with van der Waals surface area (Å²) in [5.74, 6) is 0.393. The van der Waals surface area contributed by atoms with Crippen molar-refractivity contribution < 1.29 is 24.1 Å². The summed E-state index contributed by atoms with van der Waals surface area (Å²) in [6.07, 6.45) is -1.38. The van der Waals surface area contributed by atoms with E-state index in [2.05, 4.69) is 4.74 Å². The number of rotatable bonds is 4. The number of carbonyl (C=O) groups is 1. The minimum atomic E-state index is -1.38. The first-order valence-corrected chi connectivity index (χ1v) is 6.03. The van der Waals surface area contributed by atoms with E-state index in [1.54, 1.807) is 19.2 Å².